The lowest BCUT2D eigenvalue weighted by Crippen LogP contribution is -2.06. The Balaban J connectivity index is 2.59. The predicted octanol–water partition coefficient (Wildman–Crippen LogP) is 2.15. The molecule has 0 saturated carbocycles. The van der Waals surface area contributed by atoms with E-state index in [0.717, 1.165) is 5.56 Å². The molecule has 1 rings (SSSR count). The highest BCUT2D eigenvalue weighted by atomic mass is 28.3. The van der Waals surface area contributed by atoms with Gasteiger partial charge in [0.1, 0.15) is 0 Å². The van der Waals surface area contributed by atoms with Crippen LogP contribution in [0, 0.1) is 0 Å². The van der Waals surface area contributed by atoms with E-state index in [0.29, 0.717) is 12.3 Å². The van der Waals surface area contributed by atoms with Gasteiger partial charge in [-0.3, -0.25) is 0 Å². The first-order valence-electron chi connectivity index (χ1n) is 4.51. The van der Waals surface area contributed by atoms with E-state index >= 15 is 0 Å². The molecule has 14 heavy (non-hydrogen) atoms. The average Bonchev–Trinajstić information content (AvgIpc) is 2.17. The van der Waals surface area contributed by atoms with Crippen LogP contribution in [0.2, 0.25) is 13.1 Å². The van der Waals surface area contributed by atoms with E-state index in [1.54, 1.807) is 12.1 Å². The highest BCUT2D eigenvalue weighted by molar-refractivity contribution is 6.48. The van der Waals surface area contributed by atoms with Crippen molar-refractivity contribution >= 4 is 20.8 Å². The maximum absolute atomic E-state index is 9.96. The van der Waals surface area contributed by atoms with Crippen LogP contribution in [0.5, 0.6) is 0 Å². The Bertz CT molecular complexity index is 328. The number of nitrogens with zero attached hydrogens (tertiary/aromatic N) is 1. The van der Waals surface area contributed by atoms with Crippen LogP contribution >= 0.6 is 0 Å². The maximum Gasteiger partial charge on any atom is 0.240 e. The molecule has 0 aliphatic carbocycles. The number of rotatable bonds is 4. The Morgan fingerprint density at radius 3 is 2.50 bits per heavy atom. The van der Waals surface area contributed by atoms with Gasteiger partial charge in [0.05, 0.1) is 12.3 Å². The Labute approximate surface area is 85.2 Å². The minimum Gasteiger partial charge on any atom is -0.416 e. The molecule has 0 aliphatic heterocycles. The minimum atomic E-state index is -0.952. The van der Waals surface area contributed by atoms with Crippen molar-refractivity contribution in [3.05, 3.63) is 29.8 Å². The SMILES string of the molecule is C[SiH](C)OCc1ccc(N=C=O)cc1. The van der Waals surface area contributed by atoms with E-state index in [1.165, 1.54) is 6.08 Å². The standard InChI is InChI=1S/C10H13NO2Si/c1-14(2)13-7-9-3-5-10(6-4-9)11-8-12/h3-6,14H,7H2,1-2H3. The van der Waals surface area contributed by atoms with Gasteiger partial charge in [-0.25, -0.2) is 4.79 Å². The van der Waals surface area contributed by atoms with Gasteiger partial charge in [-0.2, -0.15) is 4.99 Å². The number of isocyanates is 1. The summed E-state index contributed by atoms with van der Waals surface area (Å²) in [6.07, 6.45) is 1.50. The zero-order valence-electron chi connectivity index (χ0n) is 8.36. The van der Waals surface area contributed by atoms with Crippen LogP contribution in [0.15, 0.2) is 29.3 Å². The average molecular weight is 207 g/mol. The Hall–Kier alpha value is -1.22. The van der Waals surface area contributed by atoms with Crippen LogP contribution in [0.3, 0.4) is 0 Å². The zero-order valence-corrected chi connectivity index (χ0v) is 9.51. The second kappa shape index (κ2) is 5.50. The zero-order chi connectivity index (χ0) is 10.4. The van der Waals surface area contributed by atoms with E-state index in [9.17, 15) is 4.79 Å². The van der Waals surface area contributed by atoms with Gasteiger partial charge in [0, 0.05) is 0 Å². The van der Waals surface area contributed by atoms with Crippen LogP contribution in [-0.2, 0) is 15.8 Å². The molecule has 74 valence electrons. The third kappa shape index (κ3) is 3.66. The molecule has 0 radical (unpaired) electrons. The Kier molecular flexibility index (Phi) is 4.26. The van der Waals surface area contributed by atoms with Crippen LogP contribution in [-0.4, -0.2) is 15.1 Å². The van der Waals surface area contributed by atoms with E-state index in [2.05, 4.69) is 18.1 Å². The smallest absolute Gasteiger partial charge is 0.240 e. The highest BCUT2D eigenvalue weighted by Gasteiger charge is 1.97. The van der Waals surface area contributed by atoms with Gasteiger partial charge in [-0.15, -0.1) is 0 Å². The quantitative estimate of drug-likeness (QED) is 0.431. The number of benzene rings is 1. The first-order valence-corrected chi connectivity index (χ1v) is 7.29. The molecule has 1 aromatic carbocycles. The molecular weight excluding hydrogens is 194 g/mol. The van der Waals surface area contributed by atoms with Crippen LogP contribution < -0.4 is 0 Å². The summed E-state index contributed by atoms with van der Waals surface area (Å²) in [6, 6.07) is 7.39. The van der Waals surface area contributed by atoms with Crippen molar-refractivity contribution < 1.29 is 9.22 Å². The third-order valence-corrected chi connectivity index (χ3v) is 2.53. The number of aliphatic imine (C=N–C) groups is 1. The first kappa shape index (κ1) is 10.9. The molecule has 4 heteroatoms. The summed E-state index contributed by atoms with van der Waals surface area (Å²) in [7, 11) is -0.952. The summed E-state index contributed by atoms with van der Waals surface area (Å²) >= 11 is 0. The molecule has 0 saturated heterocycles. The largest absolute Gasteiger partial charge is 0.416 e. The van der Waals surface area contributed by atoms with Crippen molar-refractivity contribution in [2.24, 2.45) is 4.99 Å². The number of hydrogen-bond donors (Lipinski definition) is 0. The summed E-state index contributed by atoms with van der Waals surface area (Å²) in [5.41, 5.74) is 1.74. The third-order valence-electron chi connectivity index (χ3n) is 1.69. The summed E-state index contributed by atoms with van der Waals surface area (Å²) in [6.45, 7) is 4.91. The molecule has 0 fully saturated rings. The van der Waals surface area contributed by atoms with Gasteiger partial charge < -0.3 is 4.43 Å². The monoisotopic (exact) mass is 207 g/mol. The van der Waals surface area contributed by atoms with Crippen molar-refractivity contribution in [1.82, 2.24) is 0 Å². The molecule has 0 spiro atoms. The lowest BCUT2D eigenvalue weighted by atomic mass is 10.2. The Morgan fingerprint density at radius 2 is 2.00 bits per heavy atom. The molecule has 0 heterocycles. The lowest BCUT2D eigenvalue weighted by molar-refractivity contribution is 0.314. The second-order valence-electron chi connectivity index (χ2n) is 3.23. The van der Waals surface area contributed by atoms with Crippen LogP contribution in [0.4, 0.5) is 5.69 Å². The van der Waals surface area contributed by atoms with E-state index in [-0.39, 0.29) is 0 Å². The van der Waals surface area contributed by atoms with Gasteiger partial charge in [0.15, 0.2) is 9.04 Å². The fraction of sp³-hybridized carbons (Fsp3) is 0.300. The molecule has 0 aliphatic rings. The normalized spacial score (nSPS) is 9.93. The van der Waals surface area contributed by atoms with E-state index in [4.69, 9.17) is 4.43 Å². The van der Waals surface area contributed by atoms with E-state index in [1.807, 2.05) is 12.1 Å². The fourth-order valence-electron chi connectivity index (χ4n) is 0.982. The van der Waals surface area contributed by atoms with Crippen LogP contribution in [0.1, 0.15) is 5.56 Å². The number of hydrogen-bond acceptors (Lipinski definition) is 3. The molecule has 3 nitrogen and oxygen atoms in total. The predicted molar refractivity (Wildman–Crippen MR) is 57.9 cm³/mol. The minimum absolute atomic E-state index is 0.630. The lowest BCUT2D eigenvalue weighted by Gasteiger charge is -2.06. The summed E-state index contributed by atoms with van der Waals surface area (Å²) in [4.78, 5) is 13.5. The summed E-state index contributed by atoms with van der Waals surface area (Å²) in [5, 5.41) is 0. The molecule has 0 unspecified atom stereocenters. The van der Waals surface area contributed by atoms with E-state index < -0.39 is 9.04 Å². The molecule has 0 N–H and O–H groups in total. The molecule has 0 atom stereocenters. The summed E-state index contributed by atoms with van der Waals surface area (Å²) in [5.74, 6) is 0. The Morgan fingerprint density at radius 1 is 1.36 bits per heavy atom. The van der Waals surface area contributed by atoms with Crippen molar-refractivity contribution in [3.63, 3.8) is 0 Å². The highest BCUT2D eigenvalue weighted by Crippen LogP contribution is 2.12. The first-order chi connectivity index (χ1) is 6.72. The molecule has 0 amide bonds. The van der Waals surface area contributed by atoms with Gasteiger partial charge >= 0.3 is 0 Å². The van der Waals surface area contributed by atoms with Crippen LogP contribution in [0.25, 0.3) is 0 Å². The van der Waals surface area contributed by atoms with Gasteiger partial charge in [0.25, 0.3) is 0 Å². The summed E-state index contributed by atoms with van der Waals surface area (Å²) < 4.78 is 5.56. The molecular formula is C10H13NO2Si. The number of carbonyl (C=O) groups excluding carboxylic acids is 1. The molecule has 0 bridgehead atoms. The molecule has 0 aromatic heterocycles. The van der Waals surface area contributed by atoms with Gasteiger partial charge in [0.2, 0.25) is 6.08 Å². The van der Waals surface area contributed by atoms with Crippen molar-refractivity contribution in [1.29, 1.82) is 0 Å². The van der Waals surface area contributed by atoms with Crippen molar-refractivity contribution in [2.45, 2.75) is 19.7 Å². The van der Waals surface area contributed by atoms with Gasteiger partial charge in [-0.1, -0.05) is 12.1 Å². The molecule has 1 aromatic rings. The maximum atomic E-state index is 9.96. The van der Waals surface area contributed by atoms with Crippen molar-refractivity contribution in [3.8, 4) is 0 Å². The van der Waals surface area contributed by atoms with Gasteiger partial charge in [-0.05, 0) is 30.8 Å². The topological polar surface area (TPSA) is 38.7 Å². The second-order valence-corrected chi connectivity index (χ2v) is 5.66. The fourth-order valence-corrected chi connectivity index (χ4v) is 1.51. The van der Waals surface area contributed by atoms with Crippen molar-refractivity contribution in [2.75, 3.05) is 0 Å².